The summed E-state index contributed by atoms with van der Waals surface area (Å²) in [4.78, 5) is 6.07. The lowest BCUT2D eigenvalue weighted by Gasteiger charge is -2.02. The molecule has 0 radical (unpaired) electrons. The molecule has 0 amide bonds. The number of fused-ring (bicyclic) bond motifs is 1. The summed E-state index contributed by atoms with van der Waals surface area (Å²) in [6, 6.07) is 18.4. The lowest BCUT2D eigenvalue weighted by molar-refractivity contribution is 0.630. The van der Waals surface area contributed by atoms with Gasteiger partial charge in [0.2, 0.25) is 0 Å². The van der Waals surface area contributed by atoms with Crippen LogP contribution in [0.25, 0.3) is 30.3 Å². The van der Waals surface area contributed by atoms with Crippen molar-refractivity contribution in [2.75, 3.05) is 0 Å². The Hall–Kier alpha value is -2.17. The van der Waals surface area contributed by atoms with E-state index in [1.807, 2.05) is 6.07 Å². The maximum absolute atomic E-state index is 14.1. The van der Waals surface area contributed by atoms with Crippen LogP contribution in [0.2, 0.25) is 0 Å². The number of halogens is 1. The van der Waals surface area contributed by atoms with Gasteiger partial charge in [0, 0.05) is 19.2 Å². The maximum Gasteiger partial charge on any atom is 0.150 e. The second-order valence-electron chi connectivity index (χ2n) is 6.97. The zero-order chi connectivity index (χ0) is 20.2. The van der Waals surface area contributed by atoms with E-state index in [-0.39, 0.29) is 11.5 Å². The predicted molar refractivity (Wildman–Crippen MR) is 128 cm³/mol. The summed E-state index contributed by atoms with van der Waals surface area (Å²) in [5.41, 5.74) is 3.75. The molecule has 146 valence electrons. The molecule has 0 atom stereocenters. The summed E-state index contributed by atoms with van der Waals surface area (Å²) in [5.74, 6) is -0.378. The Balaban J connectivity index is 1.55. The molecule has 0 fully saturated rings. The first kappa shape index (κ1) is 20.1. The molecule has 0 saturated carbocycles. The number of benzene rings is 2. The Morgan fingerprint density at radius 3 is 2.17 bits per heavy atom. The third-order valence-electron chi connectivity index (χ3n) is 4.91. The first-order valence-corrected chi connectivity index (χ1v) is 11.7. The Morgan fingerprint density at radius 2 is 1.55 bits per heavy atom. The fourth-order valence-electron chi connectivity index (χ4n) is 3.34. The highest BCUT2D eigenvalue weighted by molar-refractivity contribution is 7.78. The van der Waals surface area contributed by atoms with E-state index in [1.54, 1.807) is 28.7 Å². The quantitative estimate of drug-likeness (QED) is 0.160. The Kier molecular flexibility index (Phi) is 6.31. The first-order valence-electron chi connectivity index (χ1n) is 9.68. The number of thiocarbonyl (C=S) groups is 1. The van der Waals surface area contributed by atoms with Gasteiger partial charge in [0.15, 0.2) is 0 Å². The molecule has 2 aromatic carbocycles. The first-order chi connectivity index (χ1) is 14.2. The van der Waals surface area contributed by atoms with E-state index >= 15 is 0 Å². The zero-order valence-electron chi connectivity index (χ0n) is 16.1. The molecule has 0 aliphatic rings. The largest absolute Gasteiger partial charge is 0.205 e. The molecule has 0 unspecified atom stereocenters. The van der Waals surface area contributed by atoms with Crippen molar-refractivity contribution in [3.8, 4) is 20.9 Å². The van der Waals surface area contributed by atoms with Crippen LogP contribution in [0.1, 0.15) is 31.7 Å². The monoisotopic (exact) mass is 437 g/mol. The van der Waals surface area contributed by atoms with Gasteiger partial charge in [-0.15, -0.1) is 22.7 Å². The van der Waals surface area contributed by atoms with Crippen molar-refractivity contribution >= 4 is 55.1 Å². The second kappa shape index (κ2) is 9.10. The van der Waals surface area contributed by atoms with E-state index < -0.39 is 0 Å². The molecule has 0 N–H and O–H groups in total. The van der Waals surface area contributed by atoms with Crippen LogP contribution >= 0.6 is 34.9 Å². The van der Waals surface area contributed by atoms with Gasteiger partial charge in [0.25, 0.3) is 0 Å². The number of hydrogen-bond donors (Lipinski definition) is 0. The molecule has 4 rings (SSSR count). The molecule has 4 aromatic rings. The molecule has 2 heterocycles. The molecule has 0 bridgehead atoms. The number of unbranched alkanes of at least 4 members (excludes halogenated alkanes) is 2. The number of nitrogens with zero attached hydrogens (tertiary/aromatic N) is 1. The van der Waals surface area contributed by atoms with Crippen LogP contribution in [-0.2, 0) is 6.42 Å². The number of aliphatic imine (C=N–C) groups is 1. The van der Waals surface area contributed by atoms with E-state index in [2.05, 4.69) is 65.7 Å². The lowest BCUT2D eigenvalue weighted by Crippen LogP contribution is -1.85. The van der Waals surface area contributed by atoms with E-state index in [0.717, 1.165) is 16.9 Å². The molecule has 2 aromatic heterocycles. The van der Waals surface area contributed by atoms with Crippen molar-refractivity contribution in [2.45, 2.75) is 32.6 Å². The number of hydrogen-bond acceptors (Lipinski definition) is 4. The molecule has 0 aliphatic carbocycles. The van der Waals surface area contributed by atoms with Gasteiger partial charge < -0.3 is 0 Å². The van der Waals surface area contributed by atoms with Gasteiger partial charge in [-0.2, -0.15) is 4.99 Å². The number of aryl methyl sites for hydroxylation is 1. The minimum absolute atomic E-state index is 0.225. The van der Waals surface area contributed by atoms with Gasteiger partial charge in [-0.25, -0.2) is 4.39 Å². The topological polar surface area (TPSA) is 12.4 Å². The van der Waals surface area contributed by atoms with Crippen LogP contribution in [0.5, 0.6) is 0 Å². The fraction of sp³-hybridized carbons (Fsp3) is 0.208. The Bertz CT molecular complexity index is 1150. The Morgan fingerprint density at radius 1 is 0.897 bits per heavy atom. The molecular weight excluding hydrogens is 417 g/mol. The average molecular weight is 438 g/mol. The highest BCUT2D eigenvalue weighted by Crippen LogP contribution is 2.42. The van der Waals surface area contributed by atoms with Gasteiger partial charge in [0.05, 0.1) is 5.16 Å². The van der Waals surface area contributed by atoms with Crippen LogP contribution in [0, 0.1) is 5.82 Å². The molecule has 29 heavy (non-hydrogen) atoms. The summed E-state index contributed by atoms with van der Waals surface area (Å²) in [7, 11) is 0. The molecule has 0 spiro atoms. The van der Waals surface area contributed by atoms with Gasteiger partial charge in [-0.1, -0.05) is 50.1 Å². The molecular formula is C24H20FNS3. The SMILES string of the molecule is CCCCCc1ccc(-c2cc3sc(-c4ccc(N=C=S)c(F)c4)cc3s2)cc1. The highest BCUT2D eigenvalue weighted by atomic mass is 32.1. The lowest BCUT2D eigenvalue weighted by atomic mass is 10.0. The predicted octanol–water partition coefficient (Wildman–Crippen LogP) is 8.90. The van der Waals surface area contributed by atoms with Crippen LogP contribution in [0.4, 0.5) is 10.1 Å². The van der Waals surface area contributed by atoms with Crippen molar-refractivity contribution in [2.24, 2.45) is 4.99 Å². The fourth-order valence-corrected chi connectivity index (χ4v) is 5.83. The molecule has 0 saturated heterocycles. The van der Waals surface area contributed by atoms with Crippen molar-refractivity contribution in [3.05, 3.63) is 66.0 Å². The van der Waals surface area contributed by atoms with Gasteiger partial charge in [-0.05, 0) is 66.0 Å². The smallest absolute Gasteiger partial charge is 0.150 e. The molecule has 0 aliphatic heterocycles. The third kappa shape index (κ3) is 4.54. The summed E-state index contributed by atoms with van der Waals surface area (Å²) in [6.45, 7) is 2.23. The average Bonchev–Trinajstić information content (AvgIpc) is 3.30. The minimum atomic E-state index is -0.378. The van der Waals surface area contributed by atoms with Crippen LogP contribution < -0.4 is 0 Å². The maximum atomic E-state index is 14.1. The number of thiophene rings is 2. The number of isothiocyanates is 1. The zero-order valence-corrected chi connectivity index (χ0v) is 18.5. The Labute approximate surface area is 183 Å². The van der Waals surface area contributed by atoms with E-state index in [0.29, 0.717) is 0 Å². The minimum Gasteiger partial charge on any atom is -0.205 e. The van der Waals surface area contributed by atoms with E-state index in [4.69, 9.17) is 0 Å². The van der Waals surface area contributed by atoms with Gasteiger partial charge >= 0.3 is 0 Å². The summed E-state index contributed by atoms with van der Waals surface area (Å²) < 4.78 is 16.6. The summed E-state index contributed by atoms with van der Waals surface area (Å²) in [5, 5.41) is 2.21. The van der Waals surface area contributed by atoms with Crippen molar-refractivity contribution in [3.63, 3.8) is 0 Å². The standard InChI is InChI=1S/C24H20FNS3/c1-2-3-4-5-16-6-8-17(9-7-16)21-13-23-24(28-21)14-22(29-23)18-10-11-20(26-15-27)19(25)12-18/h6-14H,2-5H2,1H3. The van der Waals surface area contributed by atoms with E-state index in [9.17, 15) is 4.39 Å². The highest BCUT2D eigenvalue weighted by Gasteiger charge is 2.11. The third-order valence-corrected chi connectivity index (χ3v) is 7.40. The van der Waals surface area contributed by atoms with Gasteiger partial charge in [0.1, 0.15) is 11.5 Å². The van der Waals surface area contributed by atoms with E-state index in [1.165, 1.54) is 50.7 Å². The van der Waals surface area contributed by atoms with Crippen LogP contribution in [-0.4, -0.2) is 5.16 Å². The van der Waals surface area contributed by atoms with Crippen molar-refractivity contribution in [1.29, 1.82) is 0 Å². The molecule has 1 nitrogen and oxygen atoms in total. The number of rotatable bonds is 7. The normalized spacial score (nSPS) is 11.0. The summed E-state index contributed by atoms with van der Waals surface area (Å²) in [6.07, 6.45) is 4.95. The second-order valence-corrected chi connectivity index (χ2v) is 9.32. The van der Waals surface area contributed by atoms with Crippen molar-refractivity contribution in [1.82, 2.24) is 0 Å². The molecule has 5 heteroatoms. The summed E-state index contributed by atoms with van der Waals surface area (Å²) >= 11 is 8.03. The van der Waals surface area contributed by atoms with Crippen LogP contribution in [0.15, 0.2) is 59.6 Å². The van der Waals surface area contributed by atoms with Crippen molar-refractivity contribution < 1.29 is 4.39 Å². The van der Waals surface area contributed by atoms with Gasteiger partial charge in [-0.3, -0.25) is 0 Å². The van der Waals surface area contributed by atoms with Crippen LogP contribution in [0.3, 0.4) is 0 Å².